The Morgan fingerprint density at radius 2 is 2.11 bits per heavy atom. The van der Waals surface area contributed by atoms with Crippen LogP contribution in [0, 0.1) is 0 Å². The Labute approximate surface area is 120 Å². The molecule has 0 unspecified atom stereocenters. The third-order valence-corrected chi connectivity index (χ3v) is 3.15. The van der Waals surface area contributed by atoms with E-state index in [0.717, 1.165) is 12.8 Å². The van der Waals surface area contributed by atoms with Crippen molar-refractivity contribution < 1.29 is 14.7 Å². The number of anilines is 1. The number of amides is 1. The molecule has 0 saturated carbocycles. The number of unbranched alkanes of at least 4 members (excludes halogenated alkanes) is 1. The number of halogens is 1. The van der Waals surface area contributed by atoms with Crippen molar-refractivity contribution in [3.8, 4) is 0 Å². The zero-order valence-electron chi connectivity index (χ0n) is 10.7. The van der Waals surface area contributed by atoms with Crippen molar-refractivity contribution in [3.05, 3.63) is 28.2 Å². The SMILES string of the molecule is CCCCN(CC(N)=O)c1ccc(Br)cc1C(=O)O. The number of hydrogen-bond donors (Lipinski definition) is 2. The summed E-state index contributed by atoms with van der Waals surface area (Å²) in [5.41, 5.74) is 5.90. The number of primary amides is 1. The molecule has 19 heavy (non-hydrogen) atoms. The van der Waals surface area contributed by atoms with Crippen LogP contribution in [-0.2, 0) is 4.79 Å². The molecule has 1 rings (SSSR count). The van der Waals surface area contributed by atoms with E-state index in [-0.39, 0.29) is 12.1 Å². The number of carbonyl (C=O) groups excluding carboxylic acids is 1. The van der Waals surface area contributed by atoms with Gasteiger partial charge in [0.05, 0.1) is 17.8 Å². The number of aromatic carboxylic acids is 1. The van der Waals surface area contributed by atoms with E-state index in [2.05, 4.69) is 15.9 Å². The van der Waals surface area contributed by atoms with Crippen molar-refractivity contribution in [2.24, 2.45) is 5.73 Å². The molecule has 1 aromatic carbocycles. The van der Waals surface area contributed by atoms with Gasteiger partial charge in [0.1, 0.15) is 0 Å². The van der Waals surface area contributed by atoms with E-state index >= 15 is 0 Å². The molecule has 0 aliphatic rings. The number of rotatable bonds is 7. The molecule has 6 heteroatoms. The summed E-state index contributed by atoms with van der Waals surface area (Å²) >= 11 is 3.24. The van der Waals surface area contributed by atoms with Crippen LogP contribution in [0.25, 0.3) is 0 Å². The standard InChI is InChI=1S/C13H17BrN2O3/c1-2-3-6-16(8-12(15)17)11-5-4-9(14)7-10(11)13(18)19/h4-5,7H,2-3,6,8H2,1H3,(H2,15,17)(H,18,19). The summed E-state index contributed by atoms with van der Waals surface area (Å²) in [6, 6.07) is 4.96. The van der Waals surface area contributed by atoms with Gasteiger partial charge in [-0.2, -0.15) is 0 Å². The maximum atomic E-state index is 11.3. The predicted molar refractivity (Wildman–Crippen MR) is 77.4 cm³/mol. The number of benzene rings is 1. The number of carboxylic acids is 1. The molecule has 0 saturated heterocycles. The van der Waals surface area contributed by atoms with Crippen LogP contribution in [0.2, 0.25) is 0 Å². The molecule has 0 aliphatic heterocycles. The van der Waals surface area contributed by atoms with Crippen molar-refractivity contribution in [1.29, 1.82) is 0 Å². The smallest absolute Gasteiger partial charge is 0.337 e. The Morgan fingerprint density at radius 3 is 2.63 bits per heavy atom. The van der Waals surface area contributed by atoms with Gasteiger partial charge in [-0.05, 0) is 24.6 Å². The summed E-state index contributed by atoms with van der Waals surface area (Å²) in [5.74, 6) is -1.50. The molecule has 0 heterocycles. The van der Waals surface area contributed by atoms with Crippen LogP contribution in [0.4, 0.5) is 5.69 Å². The van der Waals surface area contributed by atoms with Crippen molar-refractivity contribution in [2.45, 2.75) is 19.8 Å². The zero-order chi connectivity index (χ0) is 14.4. The average Bonchev–Trinajstić information content (AvgIpc) is 2.34. The van der Waals surface area contributed by atoms with E-state index in [1.165, 1.54) is 6.07 Å². The lowest BCUT2D eigenvalue weighted by atomic mass is 10.1. The van der Waals surface area contributed by atoms with Gasteiger partial charge < -0.3 is 15.7 Å². The molecule has 0 bridgehead atoms. The summed E-state index contributed by atoms with van der Waals surface area (Å²) in [6.45, 7) is 2.64. The number of carbonyl (C=O) groups is 2. The topological polar surface area (TPSA) is 83.6 Å². The Balaban J connectivity index is 3.12. The molecule has 104 valence electrons. The van der Waals surface area contributed by atoms with E-state index in [0.29, 0.717) is 16.7 Å². The van der Waals surface area contributed by atoms with Crippen LogP contribution in [0.15, 0.2) is 22.7 Å². The van der Waals surface area contributed by atoms with Crippen LogP contribution in [-0.4, -0.2) is 30.1 Å². The lowest BCUT2D eigenvalue weighted by Gasteiger charge is -2.24. The first kappa shape index (κ1) is 15.5. The van der Waals surface area contributed by atoms with E-state index < -0.39 is 11.9 Å². The molecule has 0 spiro atoms. The summed E-state index contributed by atoms with van der Waals surface area (Å²) in [5, 5.41) is 9.23. The number of carboxylic acid groups (broad SMARTS) is 1. The molecule has 0 radical (unpaired) electrons. The van der Waals surface area contributed by atoms with Gasteiger partial charge in [0, 0.05) is 11.0 Å². The number of nitrogens with zero attached hydrogens (tertiary/aromatic N) is 1. The summed E-state index contributed by atoms with van der Waals surface area (Å²) in [6.07, 6.45) is 1.82. The normalized spacial score (nSPS) is 10.2. The first-order valence-corrected chi connectivity index (χ1v) is 6.81. The van der Waals surface area contributed by atoms with E-state index in [9.17, 15) is 14.7 Å². The van der Waals surface area contributed by atoms with Crippen molar-refractivity contribution in [3.63, 3.8) is 0 Å². The van der Waals surface area contributed by atoms with Gasteiger partial charge in [0.15, 0.2) is 0 Å². The summed E-state index contributed by atoms with van der Waals surface area (Å²) in [7, 11) is 0. The number of nitrogens with two attached hydrogens (primary N) is 1. The monoisotopic (exact) mass is 328 g/mol. The van der Waals surface area contributed by atoms with Crippen LogP contribution in [0.3, 0.4) is 0 Å². The van der Waals surface area contributed by atoms with Gasteiger partial charge in [0.25, 0.3) is 0 Å². The minimum atomic E-state index is -1.03. The average molecular weight is 329 g/mol. The van der Waals surface area contributed by atoms with Gasteiger partial charge in [-0.15, -0.1) is 0 Å². The lowest BCUT2D eigenvalue weighted by Crippen LogP contribution is -2.35. The molecule has 5 nitrogen and oxygen atoms in total. The maximum Gasteiger partial charge on any atom is 0.337 e. The molecular formula is C13H17BrN2O3. The highest BCUT2D eigenvalue weighted by molar-refractivity contribution is 9.10. The first-order chi connectivity index (χ1) is 8.95. The quantitative estimate of drug-likeness (QED) is 0.803. The molecule has 0 aliphatic carbocycles. The van der Waals surface area contributed by atoms with Crippen molar-refractivity contribution in [2.75, 3.05) is 18.0 Å². The van der Waals surface area contributed by atoms with Crippen LogP contribution < -0.4 is 10.6 Å². The van der Waals surface area contributed by atoms with Crippen molar-refractivity contribution >= 4 is 33.5 Å². The highest BCUT2D eigenvalue weighted by Crippen LogP contribution is 2.25. The zero-order valence-corrected chi connectivity index (χ0v) is 12.3. The van der Waals surface area contributed by atoms with E-state index in [4.69, 9.17) is 5.73 Å². The highest BCUT2D eigenvalue weighted by atomic mass is 79.9. The molecule has 0 atom stereocenters. The van der Waals surface area contributed by atoms with Gasteiger partial charge >= 0.3 is 5.97 Å². The molecule has 0 fully saturated rings. The van der Waals surface area contributed by atoms with Crippen molar-refractivity contribution in [1.82, 2.24) is 0 Å². The second-order valence-corrected chi connectivity index (χ2v) is 5.12. The Bertz CT molecular complexity index is 477. The predicted octanol–water partition coefficient (Wildman–Crippen LogP) is 2.24. The fraction of sp³-hybridized carbons (Fsp3) is 0.385. The molecule has 3 N–H and O–H groups in total. The van der Waals surface area contributed by atoms with Crippen LogP contribution in [0.5, 0.6) is 0 Å². The fourth-order valence-electron chi connectivity index (χ4n) is 1.78. The fourth-order valence-corrected chi connectivity index (χ4v) is 2.14. The van der Waals surface area contributed by atoms with E-state index in [1.807, 2.05) is 6.92 Å². The highest BCUT2D eigenvalue weighted by Gasteiger charge is 2.17. The summed E-state index contributed by atoms with van der Waals surface area (Å²) < 4.78 is 0.683. The number of hydrogen-bond acceptors (Lipinski definition) is 3. The first-order valence-electron chi connectivity index (χ1n) is 6.01. The van der Waals surface area contributed by atoms with Crippen LogP contribution in [0.1, 0.15) is 30.1 Å². The maximum absolute atomic E-state index is 11.3. The molecule has 0 aromatic heterocycles. The molecular weight excluding hydrogens is 312 g/mol. The summed E-state index contributed by atoms with van der Waals surface area (Å²) in [4.78, 5) is 24.1. The van der Waals surface area contributed by atoms with Gasteiger partial charge in [0.2, 0.25) is 5.91 Å². The van der Waals surface area contributed by atoms with Gasteiger partial charge in [-0.3, -0.25) is 4.79 Å². The second-order valence-electron chi connectivity index (χ2n) is 4.21. The minimum Gasteiger partial charge on any atom is -0.478 e. The van der Waals surface area contributed by atoms with Crippen LogP contribution >= 0.6 is 15.9 Å². The van der Waals surface area contributed by atoms with E-state index in [1.54, 1.807) is 17.0 Å². The third-order valence-electron chi connectivity index (χ3n) is 2.66. The Morgan fingerprint density at radius 1 is 1.42 bits per heavy atom. The Hall–Kier alpha value is -1.56. The largest absolute Gasteiger partial charge is 0.478 e. The minimum absolute atomic E-state index is 0.0158. The second kappa shape index (κ2) is 7.13. The molecule has 1 amide bonds. The van der Waals surface area contributed by atoms with Gasteiger partial charge in [-0.25, -0.2) is 4.79 Å². The lowest BCUT2D eigenvalue weighted by molar-refractivity contribution is -0.116. The molecule has 1 aromatic rings. The van der Waals surface area contributed by atoms with Gasteiger partial charge in [-0.1, -0.05) is 29.3 Å². The third kappa shape index (κ3) is 4.55. The Kier molecular flexibility index (Phi) is 5.82.